The minimum absolute atomic E-state index is 0. The van der Waals surface area contributed by atoms with Gasteiger partial charge in [-0.15, -0.1) is 0 Å². The summed E-state index contributed by atoms with van der Waals surface area (Å²) in [6.07, 6.45) is 0. The molecule has 0 amide bonds. The highest BCUT2D eigenvalue weighted by Crippen LogP contribution is 1.49. The number of rotatable bonds is 4. The van der Waals surface area contributed by atoms with Gasteiger partial charge in [-0.1, -0.05) is 0 Å². The molecule has 0 bridgehead atoms. The average Bonchev–Trinajstić information content (AvgIpc) is 1.69. The van der Waals surface area contributed by atoms with Crippen LogP contribution in [0, 0.1) is 0 Å². The fourth-order valence-corrected chi connectivity index (χ4v) is 0.329. The van der Waals surface area contributed by atoms with E-state index in [-0.39, 0.29) is 8.41 Å². The highest BCUT2D eigenvalue weighted by Gasteiger charge is 1.76. The Kier molecular flexibility index (Phi) is 13.6. The predicted molar refractivity (Wildman–Crippen MR) is 36.7 cm³/mol. The van der Waals surface area contributed by atoms with Crippen molar-refractivity contribution in [1.29, 1.82) is 0 Å². The van der Waals surface area contributed by atoms with E-state index >= 15 is 0 Å². The van der Waals surface area contributed by atoms with Crippen LogP contribution in [0.4, 0.5) is 0 Å². The molecule has 0 aliphatic carbocycles. The van der Waals surface area contributed by atoms with Crippen LogP contribution in [-0.2, 0) is 0 Å². The maximum Gasteiger partial charge on any atom is 0.00750 e. The molecule has 0 saturated heterocycles. The number of hydrogen-bond donors (Lipinski definition) is 3. The first-order valence-corrected chi connectivity index (χ1v) is 2.52. The van der Waals surface area contributed by atoms with Crippen molar-refractivity contribution in [3.05, 3.63) is 0 Å². The molecule has 0 fully saturated rings. The summed E-state index contributed by atoms with van der Waals surface area (Å²) in [5.74, 6) is 0. The molecule has 0 aromatic rings. The molecule has 0 unspecified atom stereocenters. The van der Waals surface area contributed by atoms with Crippen molar-refractivity contribution in [2.45, 2.75) is 0 Å². The van der Waals surface area contributed by atoms with Gasteiger partial charge >= 0.3 is 0 Å². The Labute approximate surface area is 52.4 Å². The van der Waals surface area contributed by atoms with Gasteiger partial charge in [0.1, 0.15) is 0 Å². The van der Waals surface area contributed by atoms with E-state index in [1.54, 1.807) is 0 Å². The van der Waals surface area contributed by atoms with Gasteiger partial charge in [-0.05, 0) is 0 Å². The minimum atomic E-state index is 0. The Bertz CT molecular complexity index is 30.5. The second-order valence-electron chi connectivity index (χ2n) is 1.33. The van der Waals surface area contributed by atoms with Crippen molar-refractivity contribution < 1.29 is 0 Å². The lowest BCUT2D eigenvalue weighted by Crippen LogP contribution is -2.27. The van der Waals surface area contributed by atoms with Gasteiger partial charge in [0.05, 0.1) is 0 Å². The first-order valence-electron chi connectivity index (χ1n) is 2.52. The first kappa shape index (κ1) is 10.8. The van der Waals surface area contributed by atoms with E-state index in [1.165, 1.54) is 0 Å². The zero-order chi connectivity index (χ0) is 5.54. The highest BCUT2D eigenvalue weighted by atomic mass is 14.9. The topological polar surface area (TPSA) is 64.1 Å². The molecule has 0 saturated carbocycles. The molecular weight excluding hydrogens is 101 g/mol. The SMILES string of the molecule is NCCNCCN.[B]. The monoisotopic (exact) mass is 114 g/mol. The van der Waals surface area contributed by atoms with Crippen LogP contribution in [0.2, 0.25) is 0 Å². The Balaban J connectivity index is 0. The van der Waals surface area contributed by atoms with E-state index in [9.17, 15) is 0 Å². The van der Waals surface area contributed by atoms with Crippen LogP contribution in [0.1, 0.15) is 0 Å². The summed E-state index contributed by atoms with van der Waals surface area (Å²) in [7, 11) is 0. The summed E-state index contributed by atoms with van der Waals surface area (Å²) in [5, 5.41) is 3.03. The van der Waals surface area contributed by atoms with Crippen LogP contribution in [0.25, 0.3) is 0 Å². The Hall–Kier alpha value is -0.0551. The Morgan fingerprint density at radius 2 is 1.38 bits per heavy atom. The molecule has 0 aliphatic rings. The first-order chi connectivity index (χ1) is 3.41. The molecule has 0 heterocycles. The molecule has 47 valence electrons. The number of hydrogen-bond acceptors (Lipinski definition) is 3. The van der Waals surface area contributed by atoms with Crippen LogP contribution in [0.3, 0.4) is 0 Å². The van der Waals surface area contributed by atoms with Crippen LogP contribution in [0.5, 0.6) is 0 Å². The molecule has 0 aliphatic heterocycles. The molecule has 0 aromatic carbocycles. The smallest absolute Gasteiger partial charge is 0.00750 e. The van der Waals surface area contributed by atoms with E-state index in [2.05, 4.69) is 5.32 Å². The van der Waals surface area contributed by atoms with Crippen LogP contribution < -0.4 is 16.8 Å². The van der Waals surface area contributed by atoms with Gasteiger partial charge in [-0.2, -0.15) is 0 Å². The molecule has 5 N–H and O–H groups in total. The molecule has 0 aromatic heterocycles. The third-order valence-corrected chi connectivity index (χ3v) is 0.642. The lowest BCUT2D eigenvalue weighted by atomic mass is 10.6. The van der Waals surface area contributed by atoms with Gasteiger partial charge in [0, 0.05) is 34.6 Å². The van der Waals surface area contributed by atoms with Gasteiger partial charge in [-0.25, -0.2) is 0 Å². The van der Waals surface area contributed by atoms with Crippen LogP contribution in [0.15, 0.2) is 0 Å². The van der Waals surface area contributed by atoms with Crippen molar-refractivity contribution >= 4 is 8.41 Å². The maximum absolute atomic E-state index is 5.17. The van der Waals surface area contributed by atoms with Crippen molar-refractivity contribution in [2.24, 2.45) is 11.5 Å². The zero-order valence-corrected chi connectivity index (χ0v) is 5.06. The fraction of sp³-hybridized carbons (Fsp3) is 1.00. The largest absolute Gasteiger partial charge is 0.329 e. The number of nitrogens with one attached hydrogen (secondary N) is 1. The lowest BCUT2D eigenvalue weighted by molar-refractivity contribution is 0.696. The minimum Gasteiger partial charge on any atom is -0.329 e. The van der Waals surface area contributed by atoms with Crippen molar-refractivity contribution in [2.75, 3.05) is 26.2 Å². The third kappa shape index (κ3) is 9.34. The Morgan fingerprint density at radius 3 is 1.62 bits per heavy atom. The summed E-state index contributed by atoms with van der Waals surface area (Å²) in [6, 6.07) is 0. The van der Waals surface area contributed by atoms with Crippen molar-refractivity contribution in [3.63, 3.8) is 0 Å². The van der Waals surface area contributed by atoms with E-state index in [4.69, 9.17) is 11.5 Å². The molecular formula is C4H13BN3. The summed E-state index contributed by atoms with van der Waals surface area (Å²) < 4.78 is 0. The van der Waals surface area contributed by atoms with Crippen molar-refractivity contribution in [1.82, 2.24) is 5.32 Å². The molecule has 0 atom stereocenters. The van der Waals surface area contributed by atoms with E-state index in [0.29, 0.717) is 13.1 Å². The summed E-state index contributed by atoms with van der Waals surface area (Å²) >= 11 is 0. The molecule has 3 radical (unpaired) electrons. The van der Waals surface area contributed by atoms with Gasteiger partial charge in [-0.3, -0.25) is 0 Å². The number of nitrogens with two attached hydrogens (primary N) is 2. The van der Waals surface area contributed by atoms with E-state index in [1.807, 2.05) is 0 Å². The van der Waals surface area contributed by atoms with Gasteiger partial charge in [0.2, 0.25) is 0 Å². The molecule has 8 heavy (non-hydrogen) atoms. The van der Waals surface area contributed by atoms with Gasteiger partial charge < -0.3 is 16.8 Å². The average molecular weight is 114 g/mol. The van der Waals surface area contributed by atoms with Gasteiger partial charge in [0.15, 0.2) is 0 Å². The van der Waals surface area contributed by atoms with E-state index < -0.39 is 0 Å². The summed E-state index contributed by atoms with van der Waals surface area (Å²) in [4.78, 5) is 0. The third-order valence-electron chi connectivity index (χ3n) is 0.642. The molecule has 3 nitrogen and oxygen atoms in total. The standard InChI is InChI=1S/C4H13N3.B/c5-1-3-7-4-2-6;/h7H,1-6H2;. The molecule has 0 rings (SSSR count). The second kappa shape index (κ2) is 10.0. The summed E-state index contributed by atoms with van der Waals surface area (Å²) in [6.45, 7) is 3.13. The quantitative estimate of drug-likeness (QED) is 0.296. The highest BCUT2D eigenvalue weighted by molar-refractivity contribution is 5.75. The van der Waals surface area contributed by atoms with Crippen LogP contribution in [-0.4, -0.2) is 34.6 Å². The normalized spacial score (nSPS) is 8.25. The maximum atomic E-state index is 5.17. The zero-order valence-electron chi connectivity index (χ0n) is 5.06. The second-order valence-corrected chi connectivity index (χ2v) is 1.33. The lowest BCUT2D eigenvalue weighted by Gasteiger charge is -1.95. The van der Waals surface area contributed by atoms with Crippen LogP contribution >= 0.6 is 0 Å². The Morgan fingerprint density at radius 1 is 1.00 bits per heavy atom. The van der Waals surface area contributed by atoms with Gasteiger partial charge in [0.25, 0.3) is 0 Å². The van der Waals surface area contributed by atoms with E-state index in [0.717, 1.165) is 13.1 Å². The molecule has 0 spiro atoms. The molecule has 4 heteroatoms. The fourth-order valence-electron chi connectivity index (χ4n) is 0.329. The van der Waals surface area contributed by atoms with Crippen molar-refractivity contribution in [3.8, 4) is 0 Å². The predicted octanol–water partition coefficient (Wildman–Crippen LogP) is -1.89. The summed E-state index contributed by atoms with van der Waals surface area (Å²) in [5.41, 5.74) is 10.3.